The van der Waals surface area contributed by atoms with Gasteiger partial charge in [0.1, 0.15) is 0 Å². The van der Waals surface area contributed by atoms with Gasteiger partial charge in [-0.15, -0.1) is 0 Å². The van der Waals surface area contributed by atoms with Crippen molar-refractivity contribution in [3.8, 4) is 0 Å². The molecular formula is C13H16ClN3O3. The minimum atomic E-state index is -0.552. The Bertz CT molecular complexity index is 528. The first-order chi connectivity index (χ1) is 9.51. The first-order valence-corrected chi connectivity index (χ1v) is 6.83. The van der Waals surface area contributed by atoms with Crippen LogP contribution in [0.15, 0.2) is 18.2 Å². The molecule has 1 aromatic carbocycles. The average molecular weight is 298 g/mol. The van der Waals surface area contributed by atoms with E-state index in [0.717, 1.165) is 12.8 Å². The molecule has 0 spiro atoms. The van der Waals surface area contributed by atoms with Gasteiger partial charge in [-0.3, -0.25) is 14.9 Å². The Kier molecular flexibility index (Phi) is 4.57. The number of nitro benzene ring substituents is 1. The minimum Gasteiger partial charge on any atom is -0.339 e. The Morgan fingerprint density at radius 1 is 1.40 bits per heavy atom. The Hall–Kier alpha value is -1.66. The van der Waals surface area contributed by atoms with Gasteiger partial charge < -0.3 is 10.6 Å². The Morgan fingerprint density at radius 3 is 2.60 bits per heavy atom. The van der Waals surface area contributed by atoms with Crippen molar-refractivity contribution in [2.24, 2.45) is 11.7 Å². The van der Waals surface area contributed by atoms with E-state index in [1.54, 1.807) is 4.90 Å². The van der Waals surface area contributed by atoms with Gasteiger partial charge in [0.15, 0.2) is 0 Å². The number of hydrogen-bond donors (Lipinski definition) is 1. The predicted octanol–water partition coefficient (Wildman–Crippen LogP) is 2.06. The van der Waals surface area contributed by atoms with E-state index in [9.17, 15) is 14.9 Å². The number of nitro groups is 1. The molecule has 6 nitrogen and oxygen atoms in total. The molecule has 1 aliphatic heterocycles. The lowest BCUT2D eigenvalue weighted by molar-refractivity contribution is -0.384. The van der Waals surface area contributed by atoms with Crippen LogP contribution in [0.2, 0.25) is 5.02 Å². The van der Waals surface area contributed by atoms with E-state index in [2.05, 4.69) is 0 Å². The molecule has 0 saturated carbocycles. The number of rotatable bonds is 3. The van der Waals surface area contributed by atoms with E-state index in [1.165, 1.54) is 18.2 Å². The maximum absolute atomic E-state index is 12.3. The number of piperidine rings is 1. The third kappa shape index (κ3) is 3.26. The SMILES string of the molecule is NCC1CCN(C(=O)c2cc(Cl)cc([N+](=O)[O-])c2)CC1. The highest BCUT2D eigenvalue weighted by Gasteiger charge is 2.24. The van der Waals surface area contributed by atoms with Crippen molar-refractivity contribution in [2.45, 2.75) is 12.8 Å². The lowest BCUT2D eigenvalue weighted by Crippen LogP contribution is -2.40. The van der Waals surface area contributed by atoms with Gasteiger partial charge in [-0.05, 0) is 31.4 Å². The van der Waals surface area contributed by atoms with E-state index in [1.807, 2.05) is 0 Å². The molecule has 1 amide bonds. The van der Waals surface area contributed by atoms with Gasteiger partial charge in [0.25, 0.3) is 11.6 Å². The zero-order valence-electron chi connectivity index (χ0n) is 10.9. The fraction of sp³-hybridized carbons (Fsp3) is 0.462. The van der Waals surface area contributed by atoms with E-state index >= 15 is 0 Å². The van der Waals surface area contributed by atoms with Gasteiger partial charge in [0.2, 0.25) is 0 Å². The maximum Gasteiger partial charge on any atom is 0.271 e. The summed E-state index contributed by atoms with van der Waals surface area (Å²) in [6.45, 7) is 1.88. The maximum atomic E-state index is 12.3. The van der Waals surface area contributed by atoms with Crippen molar-refractivity contribution in [2.75, 3.05) is 19.6 Å². The number of amides is 1. The Balaban J connectivity index is 2.15. The number of carbonyl (C=O) groups is 1. The Labute approximate surface area is 121 Å². The molecule has 0 aromatic heterocycles. The second kappa shape index (κ2) is 6.19. The van der Waals surface area contributed by atoms with Crippen molar-refractivity contribution in [1.29, 1.82) is 0 Å². The molecule has 2 N–H and O–H groups in total. The number of halogens is 1. The van der Waals surface area contributed by atoms with Crippen molar-refractivity contribution in [3.05, 3.63) is 38.9 Å². The summed E-state index contributed by atoms with van der Waals surface area (Å²) in [6.07, 6.45) is 1.73. The van der Waals surface area contributed by atoms with Gasteiger partial charge >= 0.3 is 0 Å². The largest absolute Gasteiger partial charge is 0.339 e. The van der Waals surface area contributed by atoms with Crippen LogP contribution in [-0.2, 0) is 0 Å². The number of nitrogens with two attached hydrogens (primary N) is 1. The molecule has 108 valence electrons. The van der Waals surface area contributed by atoms with Crippen LogP contribution in [0.3, 0.4) is 0 Å². The molecule has 20 heavy (non-hydrogen) atoms. The van der Waals surface area contributed by atoms with E-state index in [-0.39, 0.29) is 22.2 Å². The van der Waals surface area contributed by atoms with E-state index in [0.29, 0.717) is 25.6 Å². The molecule has 0 atom stereocenters. The lowest BCUT2D eigenvalue weighted by Gasteiger charge is -2.31. The molecular weight excluding hydrogens is 282 g/mol. The zero-order chi connectivity index (χ0) is 14.7. The predicted molar refractivity (Wildman–Crippen MR) is 75.8 cm³/mol. The Morgan fingerprint density at radius 2 is 2.05 bits per heavy atom. The van der Waals surface area contributed by atoms with Gasteiger partial charge in [-0.25, -0.2) is 0 Å². The highest BCUT2D eigenvalue weighted by atomic mass is 35.5. The van der Waals surface area contributed by atoms with Crippen LogP contribution < -0.4 is 5.73 Å². The van der Waals surface area contributed by atoms with Crippen LogP contribution in [0.4, 0.5) is 5.69 Å². The standard InChI is InChI=1S/C13H16ClN3O3/c14-11-5-10(6-12(7-11)17(19)20)13(18)16-3-1-9(8-15)2-4-16/h5-7,9H,1-4,8,15H2. The average Bonchev–Trinajstić information content (AvgIpc) is 2.46. The first kappa shape index (κ1) is 14.7. The van der Waals surface area contributed by atoms with Crippen molar-refractivity contribution >= 4 is 23.2 Å². The second-order valence-electron chi connectivity index (χ2n) is 4.93. The normalized spacial score (nSPS) is 16.2. The summed E-state index contributed by atoms with van der Waals surface area (Å²) in [5, 5.41) is 11.0. The first-order valence-electron chi connectivity index (χ1n) is 6.45. The quantitative estimate of drug-likeness (QED) is 0.683. The molecule has 7 heteroatoms. The summed E-state index contributed by atoms with van der Waals surface area (Å²) in [6, 6.07) is 3.97. The third-order valence-electron chi connectivity index (χ3n) is 3.58. The fourth-order valence-corrected chi connectivity index (χ4v) is 2.59. The smallest absolute Gasteiger partial charge is 0.271 e. The minimum absolute atomic E-state index is 0.169. The number of hydrogen-bond acceptors (Lipinski definition) is 4. The summed E-state index contributed by atoms with van der Waals surface area (Å²) in [7, 11) is 0. The van der Waals surface area contributed by atoms with Crippen molar-refractivity contribution in [1.82, 2.24) is 4.90 Å². The van der Waals surface area contributed by atoms with E-state index in [4.69, 9.17) is 17.3 Å². The van der Waals surface area contributed by atoms with Crippen LogP contribution in [-0.4, -0.2) is 35.4 Å². The van der Waals surface area contributed by atoms with Crippen LogP contribution in [0.5, 0.6) is 0 Å². The van der Waals surface area contributed by atoms with Gasteiger partial charge in [-0.2, -0.15) is 0 Å². The number of non-ortho nitro benzene ring substituents is 1. The molecule has 2 rings (SSSR count). The van der Waals surface area contributed by atoms with Crippen LogP contribution in [0, 0.1) is 16.0 Å². The molecule has 1 heterocycles. The fourth-order valence-electron chi connectivity index (χ4n) is 2.36. The summed E-state index contributed by atoms with van der Waals surface area (Å²) in [5.74, 6) is 0.235. The number of nitrogens with zero attached hydrogens (tertiary/aromatic N) is 2. The lowest BCUT2D eigenvalue weighted by atomic mass is 9.96. The molecule has 1 fully saturated rings. The highest BCUT2D eigenvalue weighted by Crippen LogP contribution is 2.24. The van der Waals surface area contributed by atoms with Crippen LogP contribution in [0.1, 0.15) is 23.2 Å². The summed E-state index contributed by atoms with van der Waals surface area (Å²) in [5.41, 5.74) is 5.70. The van der Waals surface area contributed by atoms with Gasteiger partial charge in [-0.1, -0.05) is 11.6 Å². The zero-order valence-corrected chi connectivity index (χ0v) is 11.7. The summed E-state index contributed by atoms with van der Waals surface area (Å²) in [4.78, 5) is 24.3. The molecule has 1 saturated heterocycles. The summed E-state index contributed by atoms with van der Waals surface area (Å²) >= 11 is 5.83. The number of benzene rings is 1. The highest BCUT2D eigenvalue weighted by molar-refractivity contribution is 6.31. The van der Waals surface area contributed by atoms with Crippen LogP contribution >= 0.6 is 11.6 Å². The molecule has 0 radical (unpaired) electrons. The van der Waals surface area contributed by atoms with Gasteiger partial charge in [0.05, 0.1) is 4.92 Å². The molecule has 1 aromatic rings. The van der Waals surface area contributed by atoms with Crippen molar-refractivity contribution < 1.29 is 9.72 Å². The molecule has 0 unspecified atom stereocenters. The van der Waals surface area contributed by atoms with Gasteiger partial charge in [0, 0.05) is 35.8 Å². The van der Waals surface area contributed by atoms with E-state index < -0.39 is 4.92 Å². The molecule has 0 aliphatic carbocycles. The second-order valence-corrected chi connectivity index (χ2v) is 5.36. The van der Waals surface area contributed by atoms with Crippen molar-refractivity contribution in [3.63, 3.8) is 0 Å². The topological polar surface area (TPSA) is 89.5 Å². The summed E-state index contributed by atoms with van der Waals surface area (Å²) < 4.78 is 0. The monoisotopic (exact) mass is 297 g/mol. The molecule has 0 bridgehead atoms. The number of likely N-dealkylation sites (tertiary alicyclic amines) is 1. The number of carbonyl (C=O) groups excluding carboxylic acids is 1. The molecule has 1 aliphatic rings. The third-order valence-corrected chi connectivity index (χ3v) is 3.79. The van der Waals surface area contributed by atoms with Crippen LogP contribution in [0.25, 0.3) is 0 Å².